The lowest BCUT2D eigenvalue weighted by Crippen LogP contribution is -1.98. The molecule has 0 unspecified atom stereocenters. The molecule has 0 saturated carbocycles. The van der Waals surface area contributed by atoms with Crippen LogP contribution in [-0.4, -0.2) is 15.0 Å². The third-order valence-corrected chi connectivity index (χ3v) is 2.60. The average molecular weight is 273 g/mol. The van der Waals surface area contributed by atoms with Crippen LogP contribution < -0.4 is 10.5 Å². The van der Waals surface area contributed by atoms with Crippen molar-refractivity contribution in [2.75, 3.05) is 5.73 Å². The minimum atomic E-state index is 0.247. The van der Waals surface area contributed by atoms with E-state index < -0.39 is 0 Å². The van der Waals surface area contributed by atoms with Gasteiger partial charge in [-0.15, -0.1) is 5.10 Å². The maximum atomic E-state index is 5.98. The molecule has 0 spiro atoms. The highest BCUT2D eigenvalue weighted by Crippen LogP contribution is 2.35. The lowest BCUT2D eigenvalue weighted by atomic mass is 10.3. The topological polar surface area (TPSA) is 66.0 Å². The van der Waals surface area contributed by atoms with Crippen LogP contribution in [0.1, 0.15) is 5.69 Å². The Morgan fingerprint density at radius 2 is 2.00 bits per heavy atom. The number of aryl methyl sites for hydroxylation is 1. The van der Waals surface area contributed by atoms with Crippen molar-refractivity contribution in [1.82, 2.24) is 15.0 Å². The molecule has 0 amide bonds. The van der Waals surface area contributed by atoms with Crippen molar-refractivity contribution in [3.8, 4) is 5.75 Å². The first kappa shape index (κ1) is 12.0. The summed E-state index contributed by atoms with van der Waals surface area (Å²) >= 11 is 12.0. The van der Waals surface area contributed by atoms with Gasteiger partial charge in [0.1, 0.15) is 12.3 Å². The van der Waals surface area contributed by atoms with E-state index in [2.05, 4.69) is 10.3 Å². The first-order chi connectivity index (χ1) is 8.06. The predicted molar refractivity (Wildman–Crippen MR) is 66.2 cm³/mol. The van der Waals surface area contributed by atoms with Gasteiger partial charge in [-0.3, -0.25) is 4.68 Å². The zero-order chi connectivity index (χ0) is 12.4. The van der Waals surface area contributed by atoms with Crippen LogP contribution in [0.5, 0.6) is 5.75 Å². The molecule has 5 nitrogen and oxygen atoms in total. The Morgan fingerprint density at radius 1 is 1.35 bits per heavy atom. The molecule has 0 saturated heterocycles. The Labute approximate surface area is 108 Å². The number of benzene rings is 1. The quantitative estimate of drug-likeness (QED) is 0.871. The molecule has 0 aliphatic rings. The van der Waals surface area contributed by atoms with Crippen molar-refractivity contribution < 1.29 is 4.74 Å². The van der Waals surface area contributed by atoms with Gasteiger partial charge in [0.2, 0.25) is 0 Å². The molecule has 0 radical (unpaired) electrons. The first-order valence-electron chi connectivity index (χ1n) is 4.79. The lowest BCUT2D eigenvalue weighted by Gasteiger charge is -2.09. The molecular formula is C10H10Cl2N4O. The van der Waals surface area contributed by atoms with Crippen molar-refractivity contribution in [1.29, 1.82) is 0 Å². The van der Waals surface area contributed by atoms with Crippen LogP contribution >= 0.6 is 23.2 Å². The summed E-state index contributed by atoms with van der Waals surface area (Å²) in [7, 11) is 1.78. The lowest BCUT2D eigenvalue weighted by molar-refractivity contribution is 0.301. The van der Waals surface area contributed by atoms with Gasteiger partial charge in [-0.2, -0.15) is 0 Å². The Balaban J connectivity index is 2.14. The minimum absolute atomic E-state index is 0.247. The molecule has 17 heavy (non-hydrogen) atoms. The van der Waals surface area contributed by atoms with Crippen LogP contribution in [0.4, 0.5) is 5.69 Å². The van der Waals surface area contributed by atoms with E-state index in [1.807, 2.05) is 0 Å². The molecule has 2 aromatic rings. The standard InChI is InChI=1S/C10H10Cl2N4O/c1-16-4-7(14-15-16)5-17-10-8(11)2-6(13)3-9(10)12/h2-4H,5,13H2,1H3. The summed E-state index contributed by atoms with van der Waals surface area (Å²) in [5.41, 5.74) is 6.77. The van der Waals surface area contributed by atoms with Gasteiger partial charge in [0, 0.05) is 12.7 Å². The van der Waals surface area contributed by atoms with Crippen LogP contribution in [0.25, 0.3) is 0 Å². The highest BCUT2D eigenvalue weighted by molar-refractivity contribution is 6.37. The molecule has 90 valence electrons. The van der Waals surface area contributed by atoms with Gasteiger partial charge >= 0.3 is 0 Å². The van der Waals surface area contributed by atoms with E-state index in [0.29, 0.717) is 27.2 Å². The molecule has 0 fully saturated rings. The van der Waals surface area contributed by atoms with Gasteiger partial charge < -0.3 is 10.5 Å². The number of hydrogen-bond acceptors (Lipinski definition) is 4. The zero-order valence-electron chi connectivity index (χ0n) is 9.02. The minimum Gasteiger partial charge on any atom is -0.484 e. The number of hydrogen-bond donors (Lipinski definition) is 1. The molecule has 1 aromatic carbocycles. The Bertz CT molecular complexity index is 518. The number of halogens is 2. The van der Waals surface area contributed by atoms with Crippen LogP contribution in [0.3, 0.4) is 0 Å². The second kappa shape index (κ2) is 4.81. The smallest absolute Gasteiger partial charge is 0.157 e. The number of nitrogen functional groups attached to an aromatic ring is 1. The molecule has 2 N–H and O–H groups in total. The highest BCUT2D eigenvalue weighted by atomic mass is 35.5. The van der Waals surface area contributed by atoms with Crippen molar-refractivity contribution in [3.63, 3.8) is 0 Å². The summed E-state index contributed by atoms with van der Waals surface area (Å²) in [5, 5.41) is 8.42. The van der Waals surface area contributed by atoms with Gasteiger partial charge in [-0.1, -0.05) is 28.4 Å². The number of nitrogens with zero attached hydrogens (tertiary/aromatic N) is 3. The number of nitrogens with two attached hydrogens (primary N) is 1. The van der Waals surface area contributed by atoms with Crippen LogP contribution in [0.15, 0.2) is 18.3 Å². The summed E-state index contributed by atoms with van der Waals surface area (Å²) in [4.78, 5) is 0. The highest BCUT2D eigenvalue weighted by Gasteiger charge is 2.09. The Kier molecular flexibility index (Phi) is 3.40. The molecular weight excluding hydrogens is 263 g/mol. The van der Waals surface area contributed by atoms with Crippen molar-refractivity contribution in [3.05, 3.63) is 34.1 Å². The molecule has 0 bridgehead atoms. The molecule has 1 aromatic heterocycles. The average Bonchev–Trinajstić information content (AvgIpc) is 2.62. The van der Waals surface area contributed by atoms with E-state index in [1.165, 1.54) is 0 Å². The van der Waals surface area contributed by atoms with Crippen molar-refractivity contribution >= 4 is 28.9 Å². The van der Waals surface area contributed by atoms with E-state index in [0.717, 1.165) is 0 Å². The molecule has 2 rings (SSSR count). The van der Waals surface area contributed by atoms with E-state index in [1.54, 1.807) is 30.1 Å². The molecule has 0 atom stereocenters. The number of aromatic nitrogens is 3. The maximum Gasteiger partial charge on any atom is 0.157 e. The summed E-state index contributed by atoms with van der Waals surface area (Å²) in [6.45, 7) is 0.247. The van der Waals surface area contributed by atoms with Crippen LogP contribution in [-0.2, 0) is 13.7 Å². The summed E-state index contributed by atoms with van der Waals surface area (Å²) in [6.07, 6.45) is 1.75. The van der Waals surface area contributed by atoms with Crippen LogP contribution in [0.2, 0.25) is 10.0 Å². The van der Waals surface area contributed by atoms with E-state index in [9.17, 15) is 0 Å². The van der Waals surface area contributed by atoms with Gasteiger partial charge in [0.25, 0.3) is 0 Å². The molecule has 1 heterocycles. The fourth-order valence-corrected chi connectivity index (χ4v) is 1.94. The summed E-state index contributed by atoms with van der Waals surface area (Å²) in [6, 6.07) is 3.17. The number of rotatable bonds is 3. The number of anilines is 1. The number of ether oxygens (including phenoxy) is 1. The molecule has 0 aliphatic heterocycles. The normalized spacial score (nSPS) is 10.5. The van der Waals surface area contributed by atoms with Crippen molar-refractivity contribution in [2.24, 2.45) is 7.05 Å². The largest absolute Gasteiger partial charge is 0.484 e. The predicted octanol–water partition coefficient (Wildman–Crippen LogP) is 2.28. The third-order valence-electron chi connectivity index (χ3n) is 2.04. The molecule has 7 heteroatoms. The summed E-state index contributed by atoms with van der Waals surface area (Å²) in [5.74, 6) is 0.396. The Hall–Kier alpha value is -1.46. The van der Waals surface area contributed by atoms with E-state index in [-0.39, 0.29) is 6.61 Å². The van der Waals surface area contributed by atoms with Crippen molar-refractivity contribution in [2.45, 2.75) is 6.61 Å². The zero-order valence-corrected chi connectivity index (χ0v) is 10.5. The summed E-state index contributed by atoms with van der Waals surface area (Å²) < 4.78 is 7.07. The monoisotopic (exact) mass is 272 g/mol. The van der Waals surface area contributed by atoms with E-state index in [4.69, 9.17) is 33.7 Å². The fourth-order valence-electron chi connectivity index (χ4n) is 1.32. The second-order valence-electron chi connectivity index (χ2n) is 3.49. The Morgan fingerprint density at radius 3 is 2.53 bits per heavy atom. The van der Waals surface area contributed by atoms with Gasteiger partial charge in [-0.25, -0.2) is 0 Å². The molecule has 0 aliphatic carbocycles. The van der Waals surface area contributed by atoms with Gasteiger partial charge in [0.15, 0.2) is 5.75 Å². The third kappa shape index (κ3) is 2.81. The van der Waals surface area contributed by atoms with E-state index >= 15 is 0 Å². The van der Waals surface area contributed by atoms with Gasteiger partial charge in [0.05, 0.1) is 16.2 Å². The maximum absolute atomic E-state index is 5.98. The second-order valence-corrected chi connectivity index (χ2v) is 4.30. The first-order valence-corrected chi connectivity index (χ1v) is 5.54. The van der Waals surface area contributed by atoms with Crippen LogP contribution in [0, 0.1) is 0 Å². The SMILES string of the molecule is Cn1cc(COc2c(Cl)cc(N)cc2Cl)nn1. The van der Waals surface area contributed by atoms with Gasteiger partial charge in [-0.05, 0) is 12.1 Å². The fraction of sp³-hybridized carbons (Fsp3) is 0.200.